The third-order valence-corrected chi connectivity index (χ3v) is 4.55. The van der Waals surface area contributed by atoms with Crippen LogP contribution in [-0.2, 0) is 15.7 Å². The zero-order valence-electron chi connectivity index (χ0n) is 17.0. The number of phenols is 1. The number of hydrogen-bond acceptors (Lipinski definition) is 9. The molecule has 0 aliphatic rings. The van der Waals surface area contributed by atoms with Crippen molar-refractivity contribution >= 4 is 17.6 Å². The molecular weight excluding hydrogens is 465 g/mol. The first-order valence-electron chi connectivity index (χ1n) is 9.35. The zero-order chi connectivity index (χ0) is 24.6. The second kappa shape index (κ2) is 8.38. The number of imidazole rings is 1. The maximum Gasteiger partial charge on any atom is 0.437 e. The van der Waals surface area contributed by atoms with Crippen LogP contribution < -0.4 is 4.74 Å². The molecule has 0 radical (unpaired) electrons. The molecule has 0 amide bonds. The number of aromatic hydroxyl groups is 1. The van der Waals surface area contributed by atoms with E-state index in [1.54, 1.807) is 0 Å². The van der Waals surface area contributed by atoms with Gasteiger partial charge in [0, 0.05) is 18.5 Å². The van der Waals surface area contributed by atoms with Crippen LogP contribution in [0, 0.1) is 0 Å². The van der Waals surface area contributed by atoms with Gasteiger partial charge in [-0.2, -0.15) is 13.2 Å². The smallest absolute Gasteiger partial charge is 0.437 e. The second-order valence-corrected chi connectivity index (χ2v) is 6.81. The number of carboxylic acid groups (broad SMARTS) is 1. The summed E-state index contributed by atoms with van der Waals surface area (Å²) in [5, 5.41) is 22.0. The number of fused-ring (bicyclic) bond motifs is 1. The number of carbonyl (C=O) groups excluding carboxylic acids is 1. The van der Waals surface area contributed by atoms with E-state index in [0.29, 0.717) is 0 Å². The molecule has 34 heavy (non-hydrogen) atoms. The molecule has 4 rings (SSSR count). The van der Waals surface area contributed by atoms with E-state index in [-0.39, 0.29) is 34.1 Å². The Labute approximate surface area is 187 Å². The van der Waals surface area contributed by atoms with E-state index < -0.39 is 35.7 Å². The molecule has 2 N–H and O–H groups in total. The molecular formula is C20H13F3N4O7. The van der Waals surface area contributed by atoms with Gasteiger partial charge in [-0.15, -0.1) is 0 Å². The summed E-state index contributed by atoms with van der Waals surface area (Å²) in [6.07, 6.45) is -1.56. The fourth-order valence-electron chi connectivity index (χ4n) is 2.92. The minimum absolute atomic E-state index is 0.00596. The number of hydrogen-bond donors (Lipinski definition) is 2. The highest BCUT2D eigenvalue weighted by atomic mass is 19.4. The van der Waals surface area contributed by atoms with E-state index >= 15 is 0 Å². The van der Waals surface area contributed by atoms with Gasteiger partial charge in [-0.05, 0) is 19.1 Å². The molecule has 0 spiro atoms. The number of benzene rings is 1. The summed E-state index contributed by atoms with van der Waals surface area (Å²) >= 11 is 0. The predicted octanol–water partition coefficient (Wildman–Crippen LogP) is 3.53. The highest BCUT2D eigenvalue weighted by Crippen LogP contribution is 2.37. The van der Waals surface area contributed by atoms with Crippen molar-refractivity contribution in [1.29, 1.82) is 0 Å². The van der Waals surface area contributed by atoms with Crippen LogP contribution in [0.5, 0.6) is 17.4 Å². The summed E-state index contributed by atoms with van der Waals surface area (Å²) < 4.78 is 55.7. The van der Waals surface area contributed by atoms with Crippen molar-refractivity contribution in [1.82, 2.24) is 19.5 Å². The molecule has 0 saturated carbocycles. The Morgan fingerprint density at radius 2 is 2.00 bits per heavy atom. The summed E-state index contributed by atoms with van der Waals surface area (Å²) in [4.78, 5) is 30.9. The number of alkyl halides is 3. The summed E-state index contributed by atoms with van der Waals surface area (Å²) in [5.74, 6) is -3.10. The molecule has 4 aromatic rings. The Hall–Kier alpha value is -4.62. The minimum Gasteiger partial charge on any atom is -0.507 e. The number of aromatic nitrogens is 4. The van der Waals surface area contributed by atoms with E-state index in [2.05, 4.69) is 19.6 Å². The predicted molar refractivity (Wildman–Crippen MR) is 104 cm³/mol. The van der Waals surface area contributed by atoms with Crippen LogP contribution in [0.4, 0.5) is 13.2 Å². The van der Waals surface area contributed by atoms with Crippen LogP contribution in [-0.4, -0.2) is 47.8 Å². The van der Waals surface area contributed by atoms with Gasteiger partial charge in [-0.3, -0.25) is 4.40 Å². The Balaban J connectivity index is 1.63. The first kappa shape index (κ1) is 22.6. The molecule has 3 aromatic heterocycles. The van der Waals surface area contributed by atoms with Crippen molar-refractivity contribution in [2.45, 2.75) is 19.2 Å². The molecule has 0 bridgehead atoms. The van der Waals surface area contributed by atoms with Crippen molar-refractivity contribution in [3.63, 3.8) is 0 Å². The zero-order valence-corrected chi connectivity index (χ0v) is 17.0. The molecule has 0 unspecified atom stereocenters. The van der Waals surface area contributed by atoms with Crippen molar-refractivity contribution in [3.05, 3.63) is 54.3 Å². The molecule has 1 aromatic carbocycles. The molecule has 0 saturated heterocycles. The molecule has 14 heteroatoms. The van der Waals surface area contributed by atoms with Gasteiger partial charge in [0.2, 0.25) is 5.65 Å². The summed E-state index contributed by atoms with van der Waals surface area (Å²) in [7, 11) is 0. The fourth-order valence-corrected chi connectivity index (χ4v) is 2.92. The molecule has 1 atom stereocenters. The van der Waals surface area contributed by atoms with Crippen LogP contribution >= 0.6 is 0 Å². The van der Waals surface area contributed by atoms with E-state index in [0.717, 1.165) is 31.5 Å². The minimum atomic E-state index is -4.75. The standard InChI is InChI=1S/C20H13F3N4O7/c1-9(18(29)30)33-19(31)11-3-2-10(6-14(11)28)34-17-16-25-7-13(27(16)5-4-24-17)12-8-32-26-15(12)20(21,22)23/h2-9,28H,1H3,(H,29,30)/t9-/m0/s1. The van der Waals surface area contributed by atoms with Gasteiger partial charge >= 0.3 is 18.1 Å². The summed E-state index contributed by atoms with van der Waals surface area (Å²) in [6.45, 7) is 1.15. The maximum absolute atomic E-state index is 13.2. The van der Waals surface area contributed by atoms with Crippen molar-refractivity contribution < 1.29 is 47.0 Å². The number of esters is 1. The normalized spacial score (nSPS) is 12.5. The first-order valence-corrected chi connectivity index (χ1v) is 9.35. The van der Waals surface area contributed by atoms with Gasteiger partial charge in [-0.1, -0.05) is 5.16 Å². The van der Waals surface area contributed by atoms with Gasteiger partial charge in [0.15, 0.2) is 11.8 Å². The maximum atomic E-state index is 13.2. The quantitative estimate of drug-likeness (QED) is 0.394. The topological polar surface area (TPSA) is 149 Å². The molecule has 0 aliphatic heterocycles. The number of phenolic OH excluding ortho intramolecular Hbond substituents is 1. The van der Waals surface area contributed by atoms with Gasteiger partial charge in [0.1, 0.15) is 23.3 Å². The van der Waals surface area contributed by atoms with Gasteiger partial charge in [-0.25, -0.2) is 19.6 Å². The Morgan fingerprint density at radius 3 is 2.68 bits per heavy atom. The van der Waals surface area contributed by atoms with E-state index in [9.17, 15) is 27.9 Å². The number of carbonyl (C=O) groups is 2. The summed E-state index contributed by atoms with van der Waals surface area (Å²) in [6, 6.07) is 3.47. The van der Waals surface area contributed by atoms with Crippen LogP contribution in [0.25, 0.3) is 16.9 Å². The fraction of sp³-hybridized carbons (Fsp3) is 0.150. The number of rotatable bonds is 6. The molecule has 11 nitrogen and oxygen atoms in total. The first-order chi connectivity index (χ1) is 16.1. The SMILES string of the molecule is C[C@H](OC(=O)c1ccc(Oc2nccn3c(-c4conc4C(F)(F)F)cnc23)cc1O)C(=O)O. The second-order valence-electron chi connectivity index (χ2n) is 6.81. The number of carboxylic acids is 1. The van der Waals surface area contributed by atoms with Crippen LogP contribution in [0.1, 0.15) is 23.0 Å². The number of halogens is 3. The largest absolute Gasteiger partial charge is 0.507 e. The highest BCUT2D eigenvalue weighted by Gasteiger charge is 2.38. The average Bonchev–Trinajstić information content (AvgIpc) is 3.41. The lowest BCUT2D eigenvalue weighted by Crippen LogP contribution is -2.23. The third kappa shape index (κ3) is 4.20. The van der Waals surface area contributed by atoms with Crippen LogP contribution in [0.15, 0.2) is 47.6 Å². The van der Waals surface area contributed by atoms with Crippen molar-refractivity contribution in [2.24, 2.45) is 0 Å². The monoisotopic (exact) mass is 478 g/mol. The van der Waals surface area contributed by atoms with Crippen LogP contribution in [0.2, 0.25) is 0 Å². The van der Waals surface area contributed by atoms with E-state index in [4.69, 9.17) is 14.6 Å². The third-order valence-electron chi connectivity index (χ3n) is 4.55. The average molecular weight is 478 g/mol. The lowest BCUT2D eigenvalue weighted by Gasteiger charge is -2.11. The number of aliphatic carboxylic acids is 1. The van der Waals surface area contributed by atoms with Gasteiger partial charge < -0.3 is 24.2 Å². The molecule has 0 fully saturated rings. The molecule has 176 valence electrons. The Bertz CT molecular complexity index is 1400. The lowest BCUT2D eigenvalue weighted by atomic mass is 10.2. The summed E-state index contributed by atoms with van der Waals surface area (Å²) in [5.41, 5.74) is -1.80. The molecule has 0 aliphatic carbocycles. The number of nitrogens with zero attached hydrogens (tertiary/aromatic N) is 4. The van der Waals surface area contributed by atoms with Crippen LogP contribution in [0.3, 0.4) is 0 Å². The lowest BCUT2D eigenvalue weighted by molar-refractivity contribution is -0.146. The Morgan fingerprint density at radius 1 is 1.24 bits per heavy atom. The van der Waals surface area contributed by atoms with E-state index in [1.165, 1.54) is 22.9 Å². The van der Waals surface area contributed by atoms with Gasteiger partial charge in [0.05, 0.1) is 17.5 Å². The van der Waals surface area contributed by atoms with Gasteiger partial charge in [0.25, 0.3) is 5.88 Å². The number of ether oxygens (including phenoxy) is 2. The Kier molecular flexibility index (Phi) is 5.56. The molecule has 3 heterocycles. The van der Waals surface area contributed by atoms with Crippen molar-refractivity contribution in [3.8, 4) is 28.6 Å². The van der Waals surface area contributed by atoms with Crippen molar-refractivity contribution in [2.75, 3.05) is 0 Å². The highest BCUT2D eigenvalue weighted by molar-refractivity contribution is 5.94. The van der Waals surface area contributed by atoms with E-state index in [1.807, 2.05) is 0 Å².